The minimum absolute atomic E-state index is 0.00690. The predicted molar refractivity (Wildman–Crippen MR) is 141 cm³/mol. The van der Waals surface area contributed by atoms with Crippen LogP contribution >= 0.6 is 11.6 Å². The molecule has 0 unspecified atom stereocenters. The van der Waals surface area contributed by atoms with Crippen molar-refractivity contribution < 1.29 is 19.4 Å². The lowest BCUT2D eigenvalue weighted by Gasteiger charge is -2.32. The number of pyridine rings is 1. The summed E-state index contributed by atoms with van der Waals surface area (Å²) in [6.07, 6.45) is 1.91. The number of rotatable bonds is 8. The van der Waals surface area contributed by atoms with E-state index in [1.807, 2.05) is 24.3 Å². The molecule has 37 heavy (non-hydrogen) atoms. The van der Waals surface area contributed by atoms with Crippen LogP contribution in [0.2, 0.25) is 5.02 Å². The molecule has 10 heteroatoms. The summed E-state index contributed by atoms with van der Waals surface area (Å²) in [5.74, 6) is -0.650. The van der Waals surface area contributed by atoms with E-state index in [4.69, 9.17) is 16.3 Å². The Morgan fingerprint density at radius 1 is 1.08 bits per heavy atom. The molecule has 2 N–H and O–H groups in total. The van der Waals surface area contributed by atoms with Gasteiger partial charge in [0.05, 0.1) is 24.4 Å². The lowest BCUT2D eigenvalue weighted by molar-refractivity contribution is -0.119. The predicted octanol–water partition coefficient (Wildman–Crippen LogP) is 2.15. The number of amides is 2. The number of benzene rings is 2. The van der Waals surface area contributed by atoms with Crippen LogP contribution in [0, 0.1) is 0 Å². The van der Waals surface area contributed by atoms with Crippen molar-refractivity contribution in [3.05, 3.63) is 74.5 Å². The second kappa shape index (κ2) is 11.0. The maximum absolute atomic E-state index is 13.6. The number of carbonyl (C=O) groups excluding carboxylic acids is 2. The van der Waals surface area contributed by atoms with Crippen LogP contribution in [-0.2, 0) is 29.2 Å². The highest BCUT2D eigenvalue weighted by molar-refractivity contribution is 6.30. The van der Waals surface area contributed by atoms with Gasteiger partial charge in [-0.15, -0.1) is 0 Å². The van der Waals surface area contributed by atoms with Crippen molar-refractivity contribution in [2.75, 3.05) is 44.4 Å². The van der Waals surface area contributed by atoms with E-state index in [0.717, 1.165) is 24.2 Å². The molecule has 1 saturated heterocycles. The average molecular weight is 525 g/mol. The minimum atomic E-state index is -0.499. The van der Waals surface area contributed by atoms with Crippen LogP contribution in [0.15, 0.2) is 47.4 Å². The highest BCUT2D eigenvalue weighted by Gasteiger charge is 2.29. The van der Waals surface area contributed by atoms with Gasteiger partial charge in [0.25, 0.3) is 5.91 Å². The number of nitrogens with one attached hydrogen (secondary N) is 1. The molecule has 0 radical (unpaired) electrons. The Labute approximate surface area is 219 Å². The zero-order valence-electron chi connectivity index (χ0n) is 20.4. The maximum atomic E-state index is 13.6. The van der Waals surface area contributed by atoms with Gasteiger partial charge in [-0.05, 0) is 41.8 Å². The Balaban J connectivity index is 1.54. The molecule has 5 rings (SSSR count). The molecule has 2 aromatic carbocycles. The van der Waals surface area contributed by atoms with Crippen molar-refractivity contribution in [3.8, 4) is 0 Å². The highest BCUT2D eigenvalue weighted by atomic mass is 35.5. The summed E-state index contributed by atoms with van der Waals surface area (Å²) < 4.78 is 7.15. The SMILES string of the molecule is O=C(NCc1ccc(Cl)cc1)c1cn2c3c(cc(CN4CCOCC4)cc3c1=O)N(CCCO)C(=O)C2. The smallest absolute Gasteiger partial charge is 0.257 e. The second-order valence-corrected chi connectivity index (χ2v) is 9.77. The highest BCUT2D eigenvalue weighted by Crippen LogP contribution is 2.32. The first-order valence-corrected chi connectivity index (χ1v) is 12.8. The van der Waals surface area contributed by atoms with Gasteiger partial charge in [0.15, 0.2) is 0 Å². The lowest BCUT2D eigenvalue weighted by atomic mass is 10.0. The summed E-state index contributed by atoms with van der Waals surface area (Å²) in [4.78, 5) is 43.8. The third-order valence-corrected chi connectivity index (χ3v) is 7.02. The van der Waals surface area contributed by atoms with Gasteiger partial charge in [0.1, 0.15) is 12.1 Å². The van der Waals surface area contributed by atoms with Gasteiger partial charge in [-0.2, -0.15) is 0 Å². The third kappa shape index (κ3) is 5.40. The number of ether oxygens (including phenoxy) is 1. The standard InChI is InChI=1S/C27H29ClN4O5/c28-20-4-2-18(3-5-20)14-29-27(36)22-16-31-17-24(34)32(6-1-9-33)23-13-19(12-21(25(23)31)26(22)35)15-30-7-10-37-11-8-30/h2-5,12-13,16,33H,1,6-11,14-15,17H2,(H,29,36). The van der Waals surface area contributed by atoms with E-state index >= 15 is 0 Å². The molecule has 0 spiro atoms. The number of aliphatic hydroxyl groups is 1. The molecule has 2 aliphatic rings. The number of halogens is 1. The van der Waals surface area contributed by atoms with Crippen LogP contribution < -0.4 is 15.6 Å². The lowest BCUT2D eigenvalue weighted by Crippen LogP contribution is -2.40. The van der Waals surface area contributed by atoms with E-state index in [-0.39, 0.29) is 36.6 Å². The third-order valence-electron chi connectivity index (χ3n) is 6.77. The van der Waals surface area contributed by atoms with E-state index in [1.165, 1.54) is 6.20 Å². The number of carbonyl (C=O) groups is 2. The number of anilines is 1. The second-order valence-electron chi connectivity index (χ2n) is 9.33. The molecule has 2 amide bonds. The first kappa shape index (κ1) is 25.4. The normalized spacial score (nSPS) is 15.8. The number of morpholine rings is 1. The number of aliphatic hydroxyl groups excluding tert-OH is 1. The molecule has 0 bridgehead atoms. The Bertz CT molecular complexity index is 1380. The van der Waals surface area contributed by atoms with Gasteiger partial charge in [0.2, 0.25) is 11.3 Å². The van der Waals surface area contributed by atoms with Gasteiger partial charge in [-0.3, -0.25) is 19.3 Å². The fourth-order valence-electron chi connectivity index (χ4n) is 4.90. The van der Waals surface area contributed by atoms with Crippen LogP contribution in [0.25, 0.3) is 10.9 Å². The summed E-state index contributed by atoms with van der Waals surface area (Å²) in [6, 6.07) is 10.9. The molecular formula is C27H29ClN4O5. The fourth-order valence-corrected chi connectivity index (χ4v) is 5.02. The van der Waals surface area contributed by atoms with Gasteiger partial charge in [-0.1, -0.05) is 23.7 Å². The first-order chi connectivity index (χ1) is 17.9. The first-order valence-electron chi connectivity index (χ1n) is 12.4. The van der Waals surface area contributed by atoms with Gasteiger partial charge >= 0.3 is 0 Å². The number of hydrogen-bond acceptors (Lipinski definition) is 6. The van der Waals surface area contributed by atoms with E-state index in [1.54, 1.807) is 21.6 Å². The molecule has 1 aromatic heterocycles. The van der Waals surface area contributed by atoms with E-state index < -0.39 is 5.91 Å². The molecule has 9 nitrogen and oxygen atoms in total. The quantitative estimate of drug-likeness (QED) is 0.468. The maximum Gasteiger partial charge on any atom is 0.257 e. The summed E-state index contributed by atoms with van der Waals surface area (Å²) in [6.45, 7) is 4.00. The van der Waals surface area contributed by atoms with Gasteiger partial charge < -0.3 is 24.6 Å². The summed E-state index contributed by atoms with van der Waals surface area (Å²) in [5, 5.41) is 13.2. The van der Waals surface area contributed by atoms with Crippen LogP contribution in [0.5, 0.6) is 0 Å². The zero-order chi connectivity index (χ0) is 25.9. The Morgan fingerprint density at radius 2 is 1.84 bits per heavy atom. The minimum Gasteiger partial charge on any atom is -0.396 e. The van der Waals surface area contributed by atoms with E-state index in [0.29, 0.717) is 54.3 Å². The monoisotopic (exact) mass is 524 g/mol. The number of hydrogen-bond donors (Lipinski definition) is 2. The summed E-state index contributed by atoms with van der Waals surface area (Å²) >= 11 is 5.94. The molecule has 2 aliphatic heterocycles. The molecule has 194 valence electrons. The topological polar surface area (TPSA) is 104 Å². The molecule has 0 atom stereocenters. The fraction of sp³-hybridized carbons (Fsp3) is 0.370. The molecule has 3 heterocycles. The molecular weight excluding hydrogens is 496 g/mol. The van der Waals surface area contributed by atoms with Crippen molar-refractivity contribution in [1.29, 1.82) is 0 Å². The van der Waals surface area contributed by atoms with E-state index in [9.17, 15) is 19.5 Å². The number of nitrogens with zero attached hydrogens (tertiary/aromatic N) is 3. The van der Waals surface area contributed by atoms with Crippen molar-refractivity contribution >= 4 is 40.0 Å². The van der Waals surface area contributed by atoms with Crippen molar-refractivity contribution in [3.63, 3.8) is 0 Å². The molecule has 0 aliphatic carbocycles. The van der Waals surface area contributed by atoms with Crippen LogP contribution in [-0.4, -0.2) is 65.8 Å². The average Bonchev–Trinajstić information content (AvgIpc) is 2.90. The molecule has 0 saturated carbocycles. The van der Waals surface area contributed by atoms with Crippen molar-refractivity contribution in [2.24, 2.45) is 0 Å². The summed E-state index contributed by atoms with van der Waals surface area (Å²) in [7, 11) is 0. The largest absolute Gasteiger partial charge is 0.396 e. The Hall–Kier alpha value is -3.24. The molecule has 3 aromatic rings. The molecule has 1 fully saturated rings. The van der Waals surface area contributed by atoms with Gasteiger partial charge in [0, 0.05) is 55.9 Å². The Kier molecular flexibility index (Phi) is 7.57. The number of aromatic nitrogens is 1. The van der Waals surface area contributed by atoms with Crippen molar-refractivity contribution in [1.82, 2.24) is 14.8 Å². The van der Waals surface area contributed by atoms with Crippen LogP contribution in [0.3, 0.4) is 0 Å². The van der Waals surface area contributed by atoms with Gasteiger partial charge in [-0.25, -0.2) is 0 Å². The zero-order valence-corrected chi connectivity index (χ0v) is 21.2. The Morgan fingerprint density at radius 3 is 2.57 bits per heavy atom. The van der Waals surface area contributed by atoms with E-state index in [2.05, 4.69) is 10.2 Å². The summed E-state index contributed by atoms with van der Waals surface area (Å²) in [5.41, 5.74) is 2.62. The van der Waals surface area contributed by atoms with Crippen LogP contribution in [0.4, 0.5) is 5.69 Å². The van der Waals surface area contributed by atoms with Crippen LogP contribution in [0.1, 0.15) is 27.9 Å². The van der Waals surface area contributed by atoms with Crippen molar-refractivity contribution in [2.45, 2.75) is 26.1 Å².